The Labute approximate surface area is 204 Å². The normalized spacial score (nSPS) is 13.9. The van der Waals surface area contributed by atoms with Crippen molar-refractivity contribution in [3.05, 3.63) is 90.5 Å². The standard InChI is InChI=1S/C26H28N6OS/c1-29-14-8-13-23(29)19-24-27-28-26(32(24)22-11-6-3-7-12-22)34-20-25(33)31-17-15-30(16-18-31)21-9-4-2-5-10-21/h2-14H,15-20H2,1H3. The van der Waals surface area contributed by atoms with Crippen LogP contribution in [0.1, 0.15) is 11.5 Å². The second-order valence-corrected chi connectivity index (χ2v) is 9.29. The predicted octanol–water partition coefficient (Wildman–Crippen LogP) is 3.64. The SMILES string of the molecule is Cn1cccc1Cc1nnc(SCC(=O)N2CCN(c3ccccc3)CC2)n1-c1ccccc1. The summed E-state index contributed by atoms with van der Waals surface area (Å²) >= 11 is 1.46. The van der Waals surface area contributed by atoms with Gasteiger partial charge in [-0.1, -0.05) is 48.2 Å². The molecule has 4 aromatic rings. The highest BCUT2D eigenvalue weighted by Gasteiger charge is 2.23. The van der Waals surface area contributed by atoms with E-state index in [2.05, 4.69) is 54.6 Å². The molecular formula is C26H28N6OS. The van der Waals surface area contributed by atoms with Gasteiger partial charge in [0.15, 0.2) is 5.16 Å². The third-order valence-electron chi connectivity index (χ3n) is 6.18. The zero-order chi connectivity index (χ0) is 23.3. The second-order valence-electron chi connectivity index (χ2n) is 8.35. The van der Waals surface area contributed by atoms with Crippen molar-refractivity contribution in [3.8, 4) is 5.69 Å². The van der Waals surface area contributed by atoms with E-state index in [0.29, 0.717) is 12.2 Å². The molecule has 1 amide bonds. The molecule has 7 nitrogen and oxygen atoms in total. The molecule has 0 bridgehead atoms. The molecule has 1 saturated heterocycles. The molecule has 1 aliphatic heterocycles. The van der Waals surface area contributed by atoms with Gasteiger partial charge in [0.2, 0.25) is 5.91 Å². The van der Waals surface area contributed by atoms with Crippen LogP contribution in [-0.2, 0) is 18.3 Å². The number of anilines is 1. The predicted molar refractivity (Wildman–Crippen MR) is 136 cm³/mol. The van der Waals surface area contributed by atoms with E-state index in [-0.39, 0.29) is 5.91 Å². The molecule has 0 atom stereocenters. The summed E-state index contributed by atoms with van der Waals surface area (Å²) in [7, 11) is 2.03. The minimum Gasteiger partial charge on any atom is -0.368 e. The van der Waals surface area contributed by atoms with Crippen molar-refractivity contribution in [3.63, 3.8) is 0 Å². The molecule has 174 valence electrons. The molecule has 0 spiro atoms. The molecule has 0 radical (unpaired) electrons. The third kappa shape index (κ3) is 4.87. The van der Waals surface area contributed by atoms with E-state index in [1.54, 1.807) is 0 Å². The largest absolute Gasteiger partial charge is 0.368 e. The third-order valence-corrected chi connectivity index (χ3v) is 7.10. The molecular weight excluding hydrogens is 444 g/mol. The van der Waals surface area contributed by atoms with Crippen molar-refractivity contribution < 1.29 is 4.79 Å². The van der Waals surface area contributed by atoms with Gasteiger partial charge in [0.25, 0.3) is 0 Å². The number of para-hydroxylation sites is 2. The van der Waals surface area contributed by atoms with Gasteiger partial charge in [-0.3, -0.25) is 9.36 Å². The van der Waals surface area contributed by atoms with Crippen molar-refractivity contribution in [1.82, 2.24) is 24.2 Å². The number of amides is 1. The van der Waals surface area contributed by atoms with Gasteiger partial charge < -0.3 is 14.4 Å². The molecule has 5 rings (SSSR count). The van der Waals surface area contributed by atoms with Crippen LogP contribution in [0.2, 0.25) is 0 Å². The van der Waals surface area contributed by atoms with Gasteiger partial charge >= 0.3 is 0 Å². The lowest BCUT2D eigenvalue weighted by Gasteiger charge is -2.36. The highest BCUT2D eigenvalue weighted by Crippen LogP contribution is 2.24. The van der Waals surface area contributed by atoms with Crippen LogP contribution < -0.4 is 4.90 Å². The number of piperazine rings is 1. The van der Waals surface area contributed by atoms with Crippen LogP contribution in [0, 0.1) is 0 Å². The summed E-state index contributed by atoms with van der Waals surface area (Å²) in [6, 6.07) is 24.6. The molecule has 0 unspecified atom stereocenters. The van der Waals surface area contributed by atoms with Crippen molar-refractivity contribution in [2.75, 3.05) is 36.8 Å². The Kier molecular flexibility index (Phi) is 6.67. The summed E-state index contributed by atoms with van der Waals surface area (Å²) in [6.07, 6.45) is 2.70. The van der Waals surface area contributed by atoms with Crippen LogP contribution in [0.3, 0.4) is 0 Å². The van der Waals surface area contributed by atoms with E-state index in [1.807, 2.05) is 60.6 Å². The van der Waals surface area contributed by atoms with Gasteiger partial charge in [-0.15, -0.1) is 10.2 Å². The lowest BCUT2D eigenvalue weighted by atomic mass is 10.2. The first-order chi connectivity index (χ1) is 16.7. The van der Waals surface area contributed by atoms with Crippen molar-refractivity contribution in [2.45, 2.75) is 11.6 Å². The average Bonchev–Trinajstić information content (AvgIpc) is 3.49. The van der Waals surface area contributed by atoms with Gasteiger partial charge in [-0.25, -0.2) is 0 Å². The second kappa shape index (κ2) is 10.2. The number of aromatic nitrogens is 4. The van der Waals surface area contributed by atoms with Crippen LogP contribution in [0.15, 0.2) is 84.1 Å². The molecule has 0 saturated carbocycles. The summed E-state index contributed by atoms with van der Waals surface area (Å²) < 4.78 is 4.16. The minimum atomic E-state index is 0.143. The fourth-order valence-electron chi connectivity index (χ4n) is 4.26. The van der Waals surface area contributed by atoms with E-state index in [4.69, 9.17) is 0 Å². The Morgan fingerprint density at radius 2 is 1.53 bits per heavy atom. The molecule has 34 heavy (non-hydrogen) atoms. The topological polar surface area (TPSA) is 59.2 Å². The fourth-order valence-corrected chi connectivity index (χ4v) is 5.13. The van der Waals surface area contributed by atoms with Crippen LogP contribution in [0.5, 0.6) is 0 Å². The number of hydrogen-bond donors (Lipinski definition) is 0. The van der Waals surface area contributed by atoms with Crippen LogP contribution in [0.4, 0.5) is 5.69 Å². The lowest BCUT2D eigenvalue weighted by molar-refractivity contribution is -0.128. The molecule has 8 heteroatoms. The molecule has 2 aromatic heterocycles. The molecule has 1 aliphatic rings. The van der Waals surface area contributed by atoms with Gasteiger partial charge in [-0.2, -0.15) is 0 Å². The number of benzene rings is 2. The monoisotopic (exact) mass is 472 g/mol. The zero-order valence-electron chi connectivity index (χ0n) is 19.2. The Morgan fingerprint density at radius 1 is 0.853 bits per heavy atom. The summed E-state index contributed by atoms with van der Waals surface area (Å²) in [6.45, 7) is 3.17. The Hall–Kier alpha value is -3.52. The Morgan fingerprint density at radius 3 is 2.18 bits per heavy atom. The van der Waals surface area contributed by atoms with Crippen LogP contribution in [-0.4, -0.2) is 62.1 Å². The quantitative estimate of drug-likeness (QED) is 0.385. The first kappa shape index (κ1) is 22.3. The van der Waals surface area contributed by atoms with E-state index in [1.165, 1.54) is 17.4 Å². The minimum absolute atomic E-state index is 0.143. The van der Waals surface area contributed by atoms with Gasteiger partial charge in [0, 0.05) is 62.9 Å². The van der Waals surface area contributed by atoms with Crippen molar-refractivity contribution in [1.29, 1.82) is 0 Å². The number of hydrogen-bond acceptors (Lipinski definition) is 5. The average molecular weight is 473 g/mol. The first-order valence-corrected chi connectivity index (χ1v) is 12.5. The highest BCUT2D eigenvalue weighted by molar-refractivity contribution is 7.99. The van der Waals surface area contributed by atoms with Crippen LogP contribution in [0.25, 0.3) is 5.69 Å². The summed E-state index contributed by atoms with van der Waals surface area (Å²) in [5.41, 5.74) is 3.38. The van der Waals surface area contributed by atoms with Crippen LogP contribution >= 0.6 is 11.8 Å². The number of carbonyl (C=O) groups excluding carboxylic acids is 1. The van der Waals surface area contributed by atoms with Crippen molar-refractivity contribution in [2.24, 2.45) is 7.05 Å². The van der Waals surface area contributed by atoms with Gasteiger partial charge in [0.05, 0.1) is 5.75 Å². The number of aryl methyl sites for hydroxylation is 1. The maximum absolute atomic E-state index is 13.0. The molecule has 3 heterocycles. The van der Waals surface area contributed by atoms with E-state index < -0.39 is 0 Å². The van der Waals surface area contributed by atoms with Crippen molar-refractivity contribution >= 4 is 23.4 Å². The summed E-state index contributed by atoms with van der Waals surface area (Å²) in [5.74, 6) is 1.35. The zero-order valence-corrected chi connectivity index (χ0v) is 20.1. The summed E-state index contributed by atoms with van der Waals surface area (Å²) in [4.78, 5) is 17.3. The van der Waals surface area contributed by atoms with Gasteiger partial charge in [0.1, 0.15) is 5.82 Å². The Bertz CT molecular complexity index is 1230. The number of thioether (sulfide) groups is 1. The number of carbonyl (C=O) groups is 1. The number of rotatable bonds is 7. The molecule has 0 N–H and O–H groups in total. The smallest absolute Gasteiger partial charge is 0.233 e. The molecule has 1 fully saturated rings. The highest BCUT2D eigenvalue weighted by atomic mass is 32.2. The summed E-state index contributed by atoms with van der Waals surface area (Å²) in [5, 5.41) is 9.69. The maximum Gasteiger partial charge on any atom is 0.233 e. The fraction of sp³-hybridized carbons (Fsp3) is 0.269. The van der Waals surface area contributed by atoms with E-state index in [0.717, 1.165) is 48.5 Å². The Balaban J connectivity index is 1.26. The van der Waals surface area contributed by atoms with E-state index in [9.17, 15) is 4.79 Å². The first-order valence-electron chi connectivity index (χ1n) is 11.5. The number of nitrogens with zero attached hydrogens (tertiary/aromatic N) is 6. The molecule has 0 aliphatic carbocycles. The lowest BCUT2D eigenvalue weighted by Crippen LogP contribution is -2.49. The van der Waals surface area contributed by atoms with Gasteiger partial charge in [-0.05, 0) is 36.4 Å². The molecule has 2 aromatic carbocycles. The maximum atomic E-state index is 13.0. The van der Waals surface area contributed by atoms with E-state index >= 15 is 0 Å².